The molecule has 1 spiro atoms. The van der Waals surface area contributed by atoms with Crippen LogP contribution in [0.1, 0.15) is 70.6 Å². The molecule has 0 aromatic carbocycles. The standard InChI is InChI=1S/C22H37N3O3/c23-20(26)17-7-14-25(15-8-17)21(27)18-5-12-24(13-6-18)16-19-4-11-22(28-19)9-2-1-3-10-22/h17-19H,1-16H2,(H2,23,26)/t19-/m0/s1. The number of ether oxygens (including phenoxy) is 1. The first kappa shape index (κ1) is 20.1. The molecule has 158 valence electrons. The molecule has 6 heteroatoms. The van der Waals surface area contributed by atoms with Crippen molar-refractivity contribution in [3.05, 3.63) is 0 Å². The zero-order valence-corrected chi connectivity index (χ0v) is 17.2. The van der Waals surface area contributed by atoms with Crippen molar-refractivity contribution in [3.63, 3.8) is 0 Å². The Morgan fingerprint density at radius 2 is 1.50 bits per heavy atom. The Kier molecular flexibility index (Phi) is 6.26. The van der Waals surface area contributed by atoms with Crippen molar-refractivity contribution in [2.75, 3.05) is 32.7 Å². The van der Waals surface area contributed by atoms with Crippen molar-refractivity contribution in [1.82, 2.24) is 9.80 Å². The van der Waals surface area contributed by atoms with Crippen molar-refractivity contribution in [2.45, 2.75) is 82.3 Å². The number of nitrogens with two attached hydrogens (primary N) is 1. The van der Waals surface area contributed by atoms with Gasteiger partial charge in [0.2, 0.25) is 11.8 Å². The van der Waals surface area contributed by atoms with Gasteiger partial charge in [0.1, 0.15) is 0 Å². The molecule has 4 aliphatic rings. The highest BCUT2D eigenvalue weighted by Gasteiger charge is 2.41. The first-order valence-corrected chi connectivity index (χ1v) is 11.5. The van der Waals surface area contributed by atoms with Crippen LogP contribution in [0.2, 0.25) is 0 Å². The second-order valence-corrected chi connectivity index (χ2v) is 9.60. The molecule has 0 aromatic heterocycles. The number of piperidine rings is 2. The molecule has 1 aliphatic carbocycles. The molecule has 3 saturated heterocycles. The number of primary amides is 1. The minimum Gasteiger partial charge on any atom is -0.370 e. The van der Waals surface area contributed by atoms with E-state index >= 15 is 0 Å². The summed E-state index contributed by atoms with van der Waals surface area (Å²) in [5.74, 6) is 0.172. The van der Waals surface area contributed by atoms with Gasteiger partial charge in [-0.1, -0.05) is 19.3 Å². The third-order valence-corrected chi connectivity index (χ3v) is 7.71. The summed E-state index contributed by atoms with van der Waals surface area (Å²) in [6.45, 7) is 4.41. The molecule has 0 unspecified atom stereocenters. The van der Waals surface area contributed by atoms with Crippen molar-refractivity contribution < 1.29 is 14.3 Å². The normalized spacial score (nSPS) is 30.0. The van der Waals surface area contributed by atoms with Gasteiger partial charge in [0.25, 0.3) is 0 Å². The van der Waals surface area contributed by atoms with E-state index in [4.69, 9.17) is 10.5 Å². The molecular formula is C22H37N3O3. The number of carbonyl (C=O) groups excluding carboxylic acids is 2. The second-order valence-electron chi connectivity index (χ2n) is 9.60. The topological polar surface area (TPSA) is 75.9 Å². The molecule has 3 heterocycles. The van der Waals surface area contributed by atoms with Gasteiger partial charge >= 0.3 is 0 Å². The maximum absolute atomic E-state index is 12.8. The fourth-order valence-electron chi connectivity index (χ4n) is 5.88. The summed E-state index contributed by atoms with van der Waals surface area (Å²) in [5, 5.41) is 0. The third kappa shape index (κ3) is 4.54. The van der Waals surface area contributed by atoms with Gasteiger partial charge in [0, 0.05) is 31.5 Å². The molecule has 0 bridgehead atoms. The lowest BCUT2D eigenvalue weighted by Gasteiger charge is -2.38. The fraction of sp³-hybridized carbons (Fsp3) is 0.909. The lowest BCUT2D eigenvalue weighted by molar-refractivity contribution is -0.140. The Labute approximate surface area is 169 Å². The molecule has 6 nitrogen and oxygen atoms in total. The van der Waals surface area contributed by atoms with Crippen LogP contribution in [0.15, 0.2) is 0 Å². The average molecular weight is 392 g/mol. The maximum atomic E-state index is 12.8. The lowest BCUT2D eigenvalue weighted by Crippen LogP contribution is -2.47. The van der Waals surface area contributed by atoms with Gasteiger partial charge in [-0.3, -0.25) is 9.59 Å². The number of carbonyl (C=O) groups is 2. The maximum Gasteiger partial charge on any atom is 0.225 e. The van der Waals surface area contributed by atoms with Gasteiger partial charge in [-0.25, -0.2) is 0 Å². The number of likely N-dealkylation sites (tertiary alicyclic amines) is 2. The number of amides is 2. The van der Waals surface area contributed by atoms with Gasteiger partial charge in [0.05, 0.1) is 11.7 Å². The van der Waals surface area contributed by atoms with E-state index in [1.807, 2.05) is 4.90 Å². The first-order valence-electron chi connectivity index (χ1n) is 11.5. The summed E-state index contributed by atoms with van der Waals surface area (Å²) in [6, 6.07) is 0. The van der Waals surface area contributed by atoms with E-state index in [9.17, 15) is 9.59 Å². The molecule has 0 radical (unpaired) electrons. The largest absolute Gasteiger partial charge is 0.370 e. The summed E-state index contributed by atoms with van der Waals surface area (Å²) in [4.78, 5) is 28.6. The molecule has 4 fully saturated rings. The van der Waals surface area contributed by atoms with Crippen LogP contribution in [0.5, 0.6) is 0 Å². The highest BCUT2D eigenvalue weighted by Crippen LogP contribution is 2.42. The minimum atomic E-state index is -0.218. The lowest BCUT2D eigenvalue weighted by atomic mass is 9.83. The van der Waals surface area contributed by atoms with Gasteiger partial charge in [-0.15, -0.1) is 0 Å². The monoisotopic (exact) mass is 391 g/mol. The average Bonchev–Trinajstić information content (AvgIpc) is 3.10. The zero-order chi connectivity index (χ0) is 19.6. The van der Waals surface area contributed by atoms with E-state index in [1.54, 1.807) is 0 Å². The highest BCUT2D eigenvalue weighted by atomic mass is 16.5. The van der Waals surface area contributed by atoms with Crippen LogP contribution < -0.4 is 5.73 Å². The SMILES string of the molecule is NC(=O)C1CCN(C(=O)C2CCN(C[C@@H]3CCC4(CCCCC4)O3)CC2)CC1. The Morgan fingerprint density at radius 3 is 2.14 bits per heavy atom. The molecule has 2 N–H and O–H groups in total. The number of hydrogen-bond donors (Lipinski definition) is 1. The summed E-state index contributed by atoms with van der Waals surface area (Å²) < 4.78 is 6.54. The molecule has 0 aromatic rings. The molecule has 2 amide bonds. The molecule has 1 saturated carbocycles. The van der Waals surface area contributed by atoms with Crippen LogP contribution >= 0.6 is 0 Å². The van der Waals surface area contributed by atoms with E-state index in [1.165, 1.54) is 44.9 Å². The van der Waals surface area contributed by atoms with E-state index < -0.39 is 0 Å². The van der Waals surface area contributed by atoms with Gasteiger partial charge in [-0.2, -0.15) is 0 Å². The predicted octanol–water partition coefficient (Wildman–Crippen LogP) is 2.30. The van der Waals surface area contributed by atoms with Crippen molar-refractivity contribution >= 4 is 11.8 Å². The van der Waals surface area contributed by atoms with Gasteiger partial charge in [-0.05, 0) is 64.5 Å². The van der Waals surface area contributed by atoms with Gasteiger partial charge < -0.3 is 20.3 Å². The summed E-state index contributed by atoms with van der Waals surface area (Å²) >= 11 is 0. The summed E-state index contributed by atoms with van der Waals surface area (Å²) in [5.41, 5.74) is 5.60. The van der Waals surface area contributed by atoms with Crippen LogP contribution in [-0.4, -0.2) is 66.0 Å². The van der Waals surface area contributed by atoms with Crippen molar-refractivity contribution in [2.24, 2.45) is 17.6 Å². The number of nitrogens with zero attached hydrogens (tertiary/aromatic N) is 2. The fourth-order valence-corrected chi connectivity index (χ4v) is 5.88. The van der Waals surface area contributed by atoms with E-state index in [0.717, 1.165) is 45.3 Å². The van der Waals surface area contributed by atoms with Crippen LogP contribution in [0, 0.1) is 11.8 Å². The Hall–Kier alpha value is -1.14. The molecular weight excluding hydrogens is 354 g/mol. The van der Waals surface area contributed by atoms with E-state index in [-0.39, 0.29) is 23.3 Å². The zero-order valence-electron chi connectivity index (χ0n) is 17.2. The van der Waals surface area contributed by atoms with Crippen LogP contribution in [-0.2, 0) is 14.3 Å². The smallest absolute Gasteiger partial charge is 0.225 e. The number of rotatable bonds is 4. The summed E-state index contributed by atoms with van der Waals surface area (Å²) in [6.07, 6.45) is 12.7. The van der Waals surface area contributed by atoms with Crippen LogP contribution in [0.25, 0.3) is 0 Å². The first-order chi connectivity index (χ1) is 13.5. The summed E-state index contributed by atoms with van der Waals surface area (Å²) in [7, 11) is 0. The van der Waals surface area contributed by atoms with E-state index in [2.05, 4.69) is 4.90 Å². The van der Waals surface area contributed by atoms with E-state index in [0.29, 0.717) is 25.1 Å². The highest BCUT2D eigenvalue weighted by molar-refractivity contribution is 5.80. The predicted molar refractivity (Wildman–Crippen MR) is 108 cm³/mol. The van der Waals surface area contributed by atoms with Crippen LogP contribution in [0.3, 0.4) is 0 Å². The molecule has 3 aliphatic heterocycles. The quantitative estimate of drug-likeness (QED) is 0.798. The third-order valence-electron chi connectivity index (χ3n) is 7.71. The van der Waals surface area contributed by atoms with Gasteiger partial charge in [0.15, 0.2) is 0 Å². The van der Waals surface area contributed by atoms with Crippen molar-refractivity contribution in [3.8, 4) is 0 Å². The van der Waals surface area contributed by atoms with Crippen LogP contribution in [0.4, 0.5) is 0 Å². The second kappa shape index (κ2) is 8.70. The molecule has 4 rings (SSSR count). The minimum absolute atomic E-state index is 0.0511. The van der Waals surface area contributed by atoms with Crippen molar-refractivity contribution in [1.29, 1.82) is 0 Å². The molecule has 28 heavy (non-hydrogen) atoms. The molecule has 1 atom stereocenters. The Balaban J connectivity index is 1.19. The Bertz CT molecular complexity index is 559. The number of hydrogen-bond acceptors (Lipinski definition) is 4. The Morgan fingerprint density at radius 1 is 0.857 bits per heavy atom.